The highest BCUT2D eigenvalue weighted by atomic mass is 16.8. The first-order valence-corrected chi connectivity index (χ1v) is 13.7. The molecule has 4 nitrogen and oxygen atoms in total. The zero-order valence-corrected chi connectivity index (χ0v) is 21.3. The van der Waals surface area contributed by atoms with Gasteiger partial charge >= 0.3 is 0 Å². The van der Waals surface area contributed by atoms with Crippen LogP contribution in [0.1, 0.15) is 60.1 Å². The SMILES string of the molecule is c1ccc(C(O[C@@]23CC[C@@H]2O[C@@]2(OC(c4ccccc4)c4ccccc4)CC[C@H]2O3)c2ccccc2)cc1. The number of ether oxygens (including phenoxy) is 4. The predicted molar refractivity (Wildman–Crippen MR) is 145 cm³/mol. The van der Waals surface area contributed by atoms with Gasteiger partial charge in [-0.1, -0.05) is 121 Å². The van der Waals surface area contributed by atoms with Crippen LogP contribution in [0, 0.1) is 0 Å². The fourth-order valence-corrected chi connectivity index (χ4v) is 5.94. The van der Waals surface area contributed by atoms with Gasteiger partial charge in [0.05, 0.1) is 0 Å². The summed E-state index contributed by atoms with van der Waals surface area (Å²) in [5.74, 6) is -1.55. The minimum Gasteiger partial charge on any atom is -0.338 e. The van der Waals surface area contributed by atoms with Gasteiger partial charge in [-0.25, -0.2) is 0 Å². The smallest absolute Gasteiger partial charge is 0.196 e. The van der Waals surface area contributed by atoms with Crippen molar-refractivity contribution in [1.29, 1.82) is 0 Å². The van der Waals surface area contributed by atoms with Crippen LogP contribution in [-0.2, 0) is 18.9 Å². The Morgan fingerprint density at radius 2 is 0.763 bits per heavy atom. The maximum Gasteiger partial charge on any atom is 0.196 e. The molecule has 4 heteroatoms. The molecule has 0 aromatic heterocycles. The first-order chi connectivity index (χ1) is 18.7. The van der Waals surface area contributed by atoms with Crippen molar-refractivity contribution in [1.82, 2.24) is 0 Å². The van der Waals surface area contributed by atoms with Crippen LogP contribution in [0.2, 0.25) is 0 Å². The van der Waals surface area contributed by atoms with E-state index >= 15 is 0 Å². The molecule has 0 unspecified atom stereocenters. The Balaban J connectivity index is 1.17. The van der Waals surface area contributed by atoms with Crippen molar-refractivity contribution in [2.75, 3.05) is 0 Å². The quantitative estimate of drug-likeness (QED) is 0.251. The fourth-order valence-electron chi connectivity index (χ4n) is 5.94. The molecule has 7 rings (SSSR count). The number of hydrogen-bond donors (Lipinski definition) is 0. The lowest BCUT2D eigenvalue weighted by Gasteiger charge is -2.63. The van der Waals surface area contributed by atoms with Gasteiger partial charge in [0.25, 0.3) is 0 Å². The highest BCUT2D eigenvalue weighted by Gasteiger charge is 2.67. The van der Waals surface area contributed by atoms with Crippen LogP contribution in [-0.4, -0.2) is 23.8 Å². The summed E-state index contributed by atoms with van der Waals surface area (Å²) < 4.78 is 27.5. The molecule has 2 saturated carbocycles. The number of hydrogen-bond acceptors (Lipinski definition) is 4. The van der Waals surface area contributed by atoms with Crippen LogP contribution in [0.3, 0.4) is 0 Å². The minimum absolute atomic E-state index is 0.179. The van der Waals surface area contributed by atoms with Crippen LogP contribution in [0.25, 0.3) is 0 Å². The third-order valence-corrected chi connectivity index (χ3v) is 8.22. The average Bonchev–Trinajstić information content (AvgIpc) is 2.97. The number of benzene rings is 4. The largest absolute Gasteiger partial charge is 0.338 e. The zero-order chi connectivity index (χ0) is 25.4. The van der Waals surface area contributed by atoms with Gasteiger partial charge in [0, 0.05) is 12.8 Å². The van der Waals surface area contributed by atoms with E-state index in [-0.39, 0.29) is 24.4 Å². The van der Waals surface area contributed by atoms with Crippen molar-refractivity contribution in [2.24, 2.45) is 0 Å². The minimum atomic E-state index is -0.775. The second-order valence-corrected chi connectivity index (χ2v) is 10.6. The summed E-state index contributed by atoms with van der Waals surface area (Å²) in [4.78, 5) is 0. The Bertz CT molecular complexity index is 1160. The number of rotatable bonds is 8. The van der Waals surface area contributed by atoms with Gasteiger partial charge < -0.3 is 18.9 Å². The monoisotopic (exact) mass is 504 g/mol. The molecule has 0 spiro atoms. The molecular weight excluding hydrogens is 472 g/mol. The topological polar surface area (TPSA) is 36.9 Å². The second-order valence-electron chi connectivity index (χ2n) is 10.6. The Kier molecular flexibility index (Phi) is 6.13. The maximum absolute atomic E-state index is 6.92. The molecule has 3 fully saturated rings. The molecule has 0 N–H and O–H groups in total. The van der Waals surface area contributed by atoms with Crippen molar-refractivity contribution >= 4 is 0 Å². The molecule has 4 aromatic rings. The van der Waals surface area contributed by atoms with E-state index in [9.17, 15) is 0 Å². The molecule has 0 radical (unpaired) electrons. The van der Waals surface area contributed by atoms with E-state index in [4.69, 9.17) is 18.9 Å². The summed E-state index contributed by atoms with van der Waals surface area (Å²) in [5, 5.41) is 0. The van der Waals surface area contributed by atoms with Crippen LogP contribution in [0.4, 0.5) is 0 Å². The van der Waals surface area contributed by atoms with Gasteiger partial charge in [-0.2, -0.15) is 0 Å². The van der Waals surface area contributed by atoms with Crippen molar-refractivity contribution in [3.8, 4) is 0 Å². The van der Waals surface area contributed by atoms with Crippen molar-refractivity contribution < 1.29 is 18.9 Å². The predicted octanol–water partition coefficient (Wildman–Crippen LogP) is 7.36. The highest BCUT2D eigenvalue weighted by molar-refractivity contribution is 5.32. The summed E-state index contributed by atoms with van der Waals surface area (Å²) in [6.07, 6.45) is 2.55. The highest BCUT2D eigenvalue weighted by Crippen LogP contribution is 2.57. The third kappa shape index (κ3) is 4.18. The standard InChI is InChI=1S/C34H32O4/c1-5-13-25(14-6-1)31(26-15-7-2-8-16-26)37-33-23-21-29(33)36-34(24-22-30(34)35-33)38-32(27-17-9-3-10-18-27)28-19-11-4-12-20-28/h1-20,29-32H,21-24H2/t29-,30+,33-,34+. The van der Waals surface area contributed by atoms with Crippen LogP contribution >= 0.6 is 0 Å². The van der Waals surface area contributed by atoms with Gasteiger partial charge in [0.15, 0.2) is 11.6 Å². The summed E-state index contributed by atoms with van der Waals surface area (Å²) in [5.41, 5.74) is 4.43. The first kappa shape index (κ1) is 23.8. The maximum atomic E-state index is 6.92. The van der Waals surface area contributed by atoms with Crippen molar-refractivity contribution in [3.05, 3.63) is 144 Å². The summed E-state index contributed by atoms with van der Waals surface area (Å²) >= 11 is 0. The van der Waals surface area contributed by atoms with Gasteiger partial charge in [-0.15, -0.1) is 0 Å². The zero-order valence-electron chi connectivity index (χ0n) is 21.3. The lowest BCUT2D eigenvalue weighted by Crippen LogP contribution is -2.73. The summed E-state index contributed by atoms with van der Waals surface area (Å²) in [6.45, 7) is 0. The van der Waals surface area contributed by atoms with Crippen LogP contribution < -0.4 is 0 Å². The Morgan fingerprint density at radius 1 is 0.474 bits per heavy atom. The van der Waals surface area contributed by atoms with Crippen molar-refractivity contribution in [3.63, 3.8) is 0 Å². The van der Waals surface area contributed by atoms with Gasteiger partial charge in [0.1, 0.15) is 24.4 Å². The van der Waals surface area contributed by atoms with E-state index < -0.39 is 11.6 Å². The summed E-state index contributed by atoms with van der Waals surface area (Å²) in [7, 11) is 0. The fraction of sp³-hybridized carbons (Fsp3) is 0.294. The Labute approximate surface area is 224 Å². The van der Waals surface area contributed by atoms with Gasteiger partial charge in [-0.05, 0) is 35.1 Å². The Hall–Kier alpha value is -3.28. The molecule has 4 aromatic carbocycles. The molecule has 0 bridgehead atoms. The molecule has 0 amide bonds. The van der Waals surface area contributed by atoms with E-state index in [1.165, 1.54) is 0 Å². The van der Waals surface area contributed by atoms with E-state index in [2.05, 4.69) is 97.1 Å². The molecule has 3 aliphatic rings. The van der Waals surface area contributed by atoms with Crippen molar-refractivity contribution in [2.45, 2.75) is 61.7 Å². The van der Waals surface area contributed by atoms with Gasteiger partial charge in [-0.3, -0.25) is 0 Å². The van der Waals surface area contributed by atoms with E-state index in [1.54, 1.807) is 0 Å². The molecule has 1 saturated heterocycles. The Morgan fingerprint density at radius 3 is 1.00 bits per heavy atom. The third-order valence-electron chi connectivity index (χ3n) is 8.22. The summed E-state index contributed by atoms with van der Waals surface area (Å²) in [6, 6.07) is 41.5. The second kappa shape index (κ2) is 9.79. The average molecular weight is 505 g/mol. The number of fused-ring (bicyclic) bond motifs is 2. The van der Waals surface area contributed by atoms with Gasteiger partial charge in [0.2, 0.25) is 0 Å². The van der Waals surface area contributed by atoms with Crippen LogP contribution in [0.15, 0.2) is 121 Å². The molecular formula is C34H32O4. The molecule has 1 aliphatic heterocycles. The van der Waals surface area contributed by atoms with Crippen LogP contribution in [0.5, 0.6) is 0 Å². The molecule has 192 valence electrons. The molecule has 38 heavy (non-hydrogen) atoms. The first-order valence-electron chi connectivity index (χ1n) is 13.7. The molecule has 1 heterocycles. The normalized spacial score (nSPS) is 27.7. The molecule has 2 aliphatic carbocycles. The molecule has 4 atom stereocenters. The lowest BCUT2D eigenvalue weighted by atomic mass is 9.78. The van der Waals surface area contributed by atoms with E-state index in [0.717, 1.165) is 47.9 Å². The van der Waals surface area contributed by atoms with E-state index in [1.807, 2.05) is 24.3 Å². The van der Waals surface area contributed by atoms with E-state index in [0.29, 0.717) is 0 Å². The lowest BCUT2D eigenvalue weighted by molar-refractivity contribution is -0.498.